The van der Waals surface area contributed by atoms with Crippen LogP contribution in [-0.4, -0.2) is 29.4 Å². The lowest BCUT2D eigenvalue weighted by Gasteiger charge is -2.24. The second-order valence-electron chi connectivity index (χ2n) is 5.53. The predicted octanol–water partition coefficient (Wildman–Crippen LogP) is 2.70. The number of rotatable bonds is 5. The molecule has 7 heteroatoms. The third-order valence-corrected chi connectivity index (χ3v) is 4.14. The third-order valence-electron chi connectivity index (χ3n) is 3.91. The molecule has 1 aromatic carbocycles. The van der Waals surface area contributed by atoms with E-state index >= 15 is 0 Å². The number of nitrogens with one attached hydrogen (secondary N) is 2. The van der Waals surface area contributed by atoms with Gasteiger partial charge in [0.15, 0.2) is 0 Å². The van der Waals surface area contributed by atoms with E-state index in [0.29, 0.717) is 24.4 Å². The SMILES string of the molecule is CCNC(=O)c1ccc(Cl)cc1NC(=O)[C@H]1CC=CC[C@@H]1C(=O)O. The summed E-state index contributed by atoms with van der Waals surface area (Å²) >= 11 is 5.96. The lowest BCUT2D eigenvalue weighted by molar-refractivity contribution is -0.146. The molecule has 0 aromatic heterocycles. The molecule has 2 rings (SSSR count). The fraction of sp³-hybridized carbons (Fsp3) is 0.353. The molecule has 1 aromatic rings. The molecule has 0 saturated carbocycles. The van der Waals surface area contributed by atoms with Gasteiger partial charge in [0.05, 0.1) is 23.1 Å². The van der Waals surface area contributed by atoms with E-state index in [0.717, 1.165) is 0 Å². The molecule has 2 atom stereocenters. The summed E-state index contributed by atoms with van der Waals surface area (Å²) in [6.07, 6.45) is 4.22. The van der Waals surface area contributed by atoms with E-state index in [1.165, 1.54) is 12.1 Å². The van der Waals surface area contributed by atoms with Gasteiger partial charge in [-0.05, 0) is 38.0 Å². The second kappa shape index (κ2) is 7.97. The Bertz CT molecular complexity index is 687. The topological polar surface area (TPSA) is 95.5 Å². The summed E-state index contributed by atoms with van der Waals surface area (Å²) < 4.78 is 0. The summed E-state index contributed by atoms with van der Waals surface area (Å²) in [6, 6.07) is 4.57. The van der Waals surface area contributed by atoms with Crippen LogP contribution in [0.5, 0.6) is 0 Å². The zero-order valence-electron chi connectivity index (χ0n) is 13.2. The Hall–Kier alpha value is -2.34. The summed E-state index contributed by atoms with van der Waals surface area (Å²) in [6.45, 7) is 2.24. The first kappa shape index (κ1) is 18.0. The van der Waals surface area contributed by atoms with Crippen molar-refractivity contribution in [3.8, 4) is 0 Å². The number of benzene rings is 1. The maximum Gasteiger partial charge on any atom is 0.307 e. The highest BCUT2D eigenvalue weighted by Crippen LogP contribution is 2.28. The largest absolute Gasteiger partial charge is 0.481 e. The minimum absolute atomic E-state index is 0.275. The van der Waals surface area contributed by atoms with Crippen LogP contribution in [0.25, 0.3) is 0 Å². The van der Waals surface area contributed by atoms with Crippen LogP contribution in [0.3, 0.4) is 0 Å². The van der Waals surface area contributed by atoms with Crippen molar-refractivity contribution in [1.82, 2.24) is 5.32 Å². The second-order valence-corrected chi connectivity index (χ2v) is 5.97. The standard InChI is InChI=1S/C17H19ClN2O4/c1-2-19-15(21)13-8-7-10(18)9-14(13)20-16(22)11-5-3-4-6-12(11)17(23)24/h3-4,7-9,11-12H,2,5-6H2,1H3,(H,19,21)(H,20,22)(H,23,24)/t11-,12-/m0/s1. The molecule has 1 aliphatic carbocycles. The smallest absolute Gasteiger partial charge is 0.307 e. The molecule has 0 unspecified atom stereocenters. The van der Waals surface area contributed by atoms with Crippen molar-refractivity contribution >= 4 is 35.1 Å². The van der Waals surface area contributed by atoms with Gasteiger partial charge in [0.25, 0.3) is 5.91 Å². The average molecular weight is 351 g/mol. The van der Waals surface area contributed by atoms with Crippen molar-refractivity contribution in [3.63, 3.8) is 0 Å². The number of carboxylic acid groups (broad SMARTS) is 1. The van der Waals surface area contributed by atoms with E-state index in [2.05, 4.69) is 10.6 Å². The van der Waals surface area contributed by atoms with Gasteiger partial charge in [0, 0.05) is 11.6 Å². The molecule has 3 N–H and O–H groups in total. The van der Waals surface area contributed by atoms with E-state index in [4.69, 9.17) is 11.6 Å². The molecule has 0 fully saturated rings. The molecule has 24 heavy (non-hydrogen) atoms. The highest BCUT2D eigenvalue weighted by atomic mass is 35.5. The molecule has 128 valence electrons. The van der Waals surface area contributed by atoms with Crippen LogP contribution in [0.2, 0.25) is 5.02 Å². The van der Waals surface area contributed by atoms with Gasteiger partial charge in [0.2, 0.25) is 5.91 Å². The average Bonchev–Trinajstić information content (AvgIpc) is 2.55. The Labute approximate surface area is 144 Å². The maximum absolute atomic E-state index is 12.5. The normalized spacial score (nSPS) is 19.6. The fourth-order valence-corrected chi connectivity index (χ4v) is 2.85. The van der Waals surface area contributed by atoms with Gasteiger partial charge in [0.1, 0.15) is 0 Å². The summed E-state index contributed by atoms with van der Waals surface area (Å²) in [7, 11) is 0. The van der Waals surface area contributed by atoms with Crippen LogP contribution in [0.1, 0.15) is 30.1 Å². The highest BCUT2D eigenvalue weighted by Gasteiger charge is 2.34. The highest BCUT2D eigenvalue weighted by molar-refractivity contribution is 6.31. The van der Waals surface area contributed by atoms with Crippen LogP contribution in [0.4, 0.5) is 5.69 Å². The van der Waals surface area contributed by atoms with E-state index in [9.17, 15) is 19.5 Å². The lowest BCUT2D eigenvalue weighted by Crippen LogP contribution is -2.35. The quantitative estimate of drug-likeness (QED) is 0.711. The Morgan fingerprint density at radius 1 is 1.21 bits per heavy atom. The van der Waals surface area contributed by atoms with Crippen LogP contribution in [0.15, 0.2) is 30.4 Å². The Morgan fingerprint density at radius 3 is 2.50 bits per heavy atom. The van der Waals surface area contributed by atoms with Crippen LogP contribution in [0, 0.1) is 11.8 Å². The van der Waals surface area contributed by atoms with Gasteiger partial charge in [-0.15, -0.1) is 0 Å². The van der Waals surface area contributed by atoms with Gasteiger partial charge in [-0.1, -0.05) is 23.8 Å². The summed E-state index contributed by atoms with van der Waals surface area (Å²) in [4.78, 5) is 36.0. The number of halogens is 1. The minimum atomic E-state index is -1.01. The molecular formula is C17H19ClN2O4. The van der Waals surface area contributed by atoms with Crippen molar-refractivity contribution in [2.75, 3.05) is 11.9 Å². The zero-order chi connectivity index (χ0) is 17.7. The number of carbonyl (C=O) groups excluding carboxylic acids is 2. The van der Waals surface area contributed by atoms with Crippen LogP contribution >= 0.6 is 11.6 Å². The molecule has 6 nitrogen and oxygen atoms in total. The summed E-state index contributed by atoms with van der Waals surface area (Å²) in [5, 5.41) is 15.0. The van der Waals surface area contributed by atoms with Gasteiger partial charge < -0.3 is 15.7 Å². The molecule has 2 amide bonds. The molecule has 0 saturated heterocycles. The van der Waals surface area contributed by atoms with E-state index in [1.807, 2.05) is 0 Å². The van der Waals surface area contributed by atoms with Crippen LogP contribution < -0.4 is 10.6 Å². The van der Waals surface area contributed by atoms with Crippen molar-refractivity contribution in [2.24, 2.45) is 11.8 Å². The van der Waals surface area contributed by atoms with Gasteiger partial charge in [-0.25, -0.2) is 0 Å². The Balaban J connectivity index is 2.24. The van der Waals surface area contributed by atoms with Crippen molar-refractivity contribution in [1.29, 1.82) is 0 Å². The predicted molar refractivity (Wildman–Crippen MR) is 91.1 cm³/mol. The fourth-order valence-electron chi connectivity index (χ4n) is 2.68. The summed E-state index contributed by atoms with van der Waals surface area (Å²) in [5.74, 6) is -3.23. The molecular weight excluding hydrogens is 332 g/mol. The van der Waals surface area contributed by atoms with Crippen molar-refractivity contribution < 1.29 is 19.5 Å². The number of carbonyl (C=O) groups is 3. The van der Waals surface area contributed by atoms with Crippen molar-refractivity contribution in [2.45, 2.75) is 19.8 Å². The minimum Gasteiger partial charge on any atom is -0.481 e. The molecule has 1 aliphatic rings. The number of allylic oxidation sites excluding steroid dienone is 2. The Morgan fingerprint density at radius 2 is 1.88 bits per heavy atom. The van der Waals surface area contributed by atoms with Crippen molar-refractivity contribution in [3.05, 3.63) is 40.9 Å². The van der Waals surface area contributed by atoms with Gasteiger partial charge in [-0.3, -0.25) is 14.4 Å². The lowest BCUT2D eigenvalue weighted by atomic mass is 9.82. The first-order valence-electron chi connectivity index (χ1n) is 7.70. The molecule has 0 bridgehead atoms. The van der Waals surface area contributed by atoms with E-state index < -0.39 is 23.7 Å². The number of hydrogen-bond donors (Lipinski definition) is 3. The number of carboxylic acids is 1. The van der Waals surface area contributed by atoms with Gasteiger partial charge in [-0.2, -0.15) is 0 Å². The Kier molecular flexibility index (Phi) is 5.98. The maximum atomic E-state index is 12.5. The van der Waals surface area contributed by atoms with Crippen LogP contribution in [-0.2, 0) is 9.59 Å². The van der Waals surface area contributed by atoms with Gasteiger partial charge >= 0.3 is 5.97 Å². The third kappa shape index (κ3) is 4.14. The molecule has 0 aliphatic heterocycles. The number of aliphatic carboxylic acids is 1. The van der Waals surface area contributed by atoms with E-state index in [1.54, 1.807) is 25.1 Å². The van der Waals surface area contributed by atoms with E-state index in [-0.39, 0.29) is 17.2 Å². The first-order chi connectivity index (χ1) is 11.4. The molecule has 0 heterocycles. The molecule has 0 spiro atoms. The molecule has 0 radical (unpaired) electrons. The number of hydrogen-bond acceptors (Lipinski definition) is 3. The first-order valence-corrected chi connectivity index (χ1v) is 8.08. The number of anilines is 1. The monoisotopic (exact) mass is 350 g/mol. The zero-order valence-corrected chi connectivity index (χ0v) is 14.0. The number of amides is 2. The summed E-state index contributed by atoms with van der Waals surface area (Å²) in [5.41, 5.74) is 0.560.